The molecule has 3 N–H and O–H groups in total. The molecule has 4 rings (SSSR count). The van der Waals surface area contributed by atoms with Crippen LogP contribution in [0.3, 0.4) is 0 Å². The van der Waals surface area contributed by atoms with Crippen LogP contribution in [0, 0.1) is 5.92 Å². The Kier molecular flexibility index (Phi) is 8.20. The molecule has 3 aromatic carbocycles. The van der Waals surface area contributed by atoms with Crippen LogP contribution in [0.2, 0.25) is 0 Å². The summed E-state index contributed by atoms with van der Waals surface area (Å²) in [5.41, 5.74) is 14.1. The van der Waals surface area contributed by atoms with Gasteiger partial charge in [0, 0.05) is 48.7 Å². The lowest BCUT2D eigenvalue weighted by atomic mass is 9.88. The number of nitrogens with two attached hydrogens (primary N) is 1. The summed E-state index contributed by atoms with van der Waals surface area (Å²) in [5.74, 6) is 0.226. The van der Waals surface area contributed by atoms with E-state index in [1.165, 1.54) is 0 Å². The molecule has 1 saturated heterocycles. The van der Waals surface area contributed by atoms with Crippen molar-refractivity contribution in [2.75, 3.05) is 23.7 Å². The zero-order chi connectivity index (χ0) is 27.4. The fraction of sp³-hybridized carbons (Fsp3) is 0.312. The van der Waals surface area contributed by atoms with E-state index in [2.05, 4.69) is 66.5 Å². The molecule has 0 aromatic heterocycles. The number of amides is 2. The molecule has 0 saturated carbocycles. The molecule has 0 bridgehead atoms. The predicted octanol–water partition coefficient (Wildman–Crippen LogP) is 5.79. The van der Waals surface area contributed by atoms with Crippen LogP contribution in [-0.2, 0) is 9.59 Å². The van der Waals surface area contributed by atoms with Gasteiger partial charge >= 0.3 is 0 Å². The summed E-state index contributed by atoms with van der Waals surface area (Å²) >= 11 is 0. The SMILES string of the molecule is C/C(=C/NC=O)c1c(-c2ccc(N)cc2)cccc1-c1ccc(N2CC(C)N(C(=O)C(C)C)C(C)C2)cc1. The minimum atomic E-state index is 0.00294. The smallest absolute Gasteiger partial charge is 0.225 e. The van der Waals surface area contributed by atoms with Gasteiger partial charge in [0.15, 0.2) is 0 Å². The lowest BCUT2D eigenvalue weighted by molar-refractivity contribution is -0.139. The van der Waals surface area contributed by atoms with E-state index in [-0.39, 0.29) is 23.9 Å². The molecule has 1 aliphatic rings. The highest BCUT2D eigenvalue weighted by atomic mass is 16.2. The number of hydrogen-bond acceptors (Lipinski definition) is 4. The van der Waals surface area contributed by atoms with Gasteiger partial charge in [0.25, 0.3) is 0 Å². The number of carbonyl (C=O) groups excluding carboxylic acids is 2. The average Bonchev–Trinajstić information content (AvgIpc) is 2.91. The third-order valence-corrected chi connectivity index (χ3v) is 7.26. The number of rotatable bonds is 7. The Morgan fingerprint density at radius 3 is 1.95 bits per heavy atom. The van der Waals surface area contributed by atoms with Crippen LogP contribution in [0.1, 0.15) is 40.2 Å². The van der Waals surface area contributed by atoms with Gasteiger partial charge in [-0.25, -0.2) is 0 Å². The number of carbonyl (C=O) groups is 2. The quantitative estimate of drug-likeness (QED) is 0.311. The average molecular weight is 511 g/mol. The van der Waals surface area contributed by atoms with Gasteiger partial charge in [-0.2, -0.15) is 0 Å². The number of benzene rings is 3. The lowest BCUT2D eigenvalue weighted by Gasteiger charge is -2.46. The first-order valence-electron chi connectivity index (χ1n) is 13.2. The minimum absolute atomic E-state index is 0.00294. The molecule has 0 spiro atoms. The van der Waals surface area contributed by atoms with Gasteiger partial charge in [0.2, 0.25) is 12.3 Å². The van der Waals surface area contributed by atoms with Crippen LogP contribution in [0.5, 0.6) is 0 Å². The van der Waals surface area contributed by atoms with Crippen LogP contribution in [0.25, 0.3) is 27.8 Å². The summed E-state index contributed by atoms with van der Waals surface area (Å²) in [5, 5.41) is 2.69. The van der Waals surface area contributed by atoms with Crippen molar-refractivity contribution in [3.05, 3.63) is 78.5 Å². The highest BCUT2D eigenvalue weighted by molar-refractivity contribution is 5.91. The zero-order valence-corrected chi connectivity index (χ0v) is 22.9. The number of allylic oxidation sites excluding steroid dienone is 1. The molecule has 3 aromatic rings. The summed E-state index contributed by atoms with van der Waals surface area (Å²) < 4.78 is 0. The Hall–Kier alpha value is -4.06. The number of nitrogens with zero attached hydrogens (tertiary/aromatic N) is 2. The van der Waals surface area contributed by atoms with Crippen molar-refractivity contribution in [3.8, 4) is 22.3 Å². The number of nitrogens with one attached hydrogen (secondary N) is 1. The van der Waals surface area contributed by atoms with Gasteiger partial charge in [0.05, 0.1) is 0 Å². The molecule has 1 fully saturated rings. The highest BCUT2D eigenvalue weighted by Crippen LogP contribution is 2.38. The monoisotopic (exact) mass is 510 g/mol. The maximum absolute atomic E-state index is 12.7. The van der Waals surface area contributed by atoms with Crippen molar-refractivity contribution in [2.24, 2.45) is 5.92 Å². The summed E-state index contributed by atoms with van der Waals surface area (Å²) in [7, 11) is 0. The molecule has 2 atom stereocenters. The number of anilines is 2. The van der Waals surface area contributed by atoms with Crippen molar-refractivity contribution in [1.29, 1.82) is 0 Å². The van der Waals surface area contributed by atoms with Gasteiger partial charge in [-0.3, -0.25) is 9.59 Å². The van der Waals surface area contributed by atoms with E-state index in [0.717, 1.165) is 57.9 Å². The molecule has 2 amide bonds. The maximum atomic E-state index is 12.7. The Morgan fingerprint density at radius 2 is 1.45 bits per heavy atom. The zero-order valence-electron chi connectivity index (χ0n) is 22.9. The van der Waals surface area contributed by atoms with Gasteiger partial charge in [0.1, 0.15) is 0 Å². The third-order valence-electron chi connectivity index (χ3n) is 7.26. The first kappa shape index (κ1) is 27.0. The predicted molar refractivity (Wildman–Crippen MR) is 157 cm³/mol. The number of hydrogen-bond donors (Lipinski definition) is 2. The van der Waals surface area contributed by atoms with E-state index in [1.54, 1.807) is 6.20 Å². The van der Waals surface area contributed by atoms with Gasteiger partial charge in [-0.1, -0.05) is 56.3 Å². The summed E-state index contributed by atoms with van der Waals surface area (Å²) in [4.78, 5) is 28.2. The second-order valence-electron chi connectivity index (χ2n) is 10.5. The first-order valence-corrected chi connectivity index (χ1v) is 13.2. The second kappa shape index (κ2) is 11.5. The molecule has 198 valence electrons. The van der Waals surface area contributed by atoms with Crippen LogP contribution < -0.4 is 16.0 Å². The van der Waals surface area contributed by atoms with Crippen molar-refractivity contribution in [2.45, 2.75) is 46.7 Å². The molecule has 1 heterocycles. The second-order valence-corrected chi connectivity index (χ2v) is 10.5. The van der Waals surface area contributed by atoms with Crippen molar-refractivity contribution < 1.29 is 9.59 Å². The van der Waals surface area contributed by atoms with E-state index in [1.807, 2.05) is 49.9 Å². The van der Waals surface area contributed by atoms with Crippen molar-refractivity contribution >= 4 is 29.3 Å². The Balaban J connectivity index is 1.68. The summed E-state index contributed by atoms with van der Waals surface area (Å²) in [6.07, 6.45) is 2.42. The van der Waals surface area contributed by atoms with Gasteiger partial charge in [-0.15, -0.1) is 0 Å². The van der Waals surface area contributed by atoms with E-state index in [9.17, 15) is 9.59 Å². The number of piperazine rings is 1. The van der Waals surface area contributed by atoms with E-state index in [4.69, 9.17) is 5.73 Å². The molecule has 6 nitrogen and oxygen atoms in total. The molecule has 6 heteroatoms. The molecular formula is C32H38N4O2. The molecule has 0 radical (unpaired) electrons. The molecule has 0 aliphatic carbocycles. The topological polar surface area (TPSA) is 78.7 Å². The Bertz CT molecular complexity index is 1300. The van der Waals surface area contributed by atoms with E-state index >= 15 is 0 Å². The van der Waals surface area contributed by atoms with Crippen LogP contribution in [0.4, 0.5) is 11.4 Å². The van der Waals surface area contributed by atoms with Crippen LogP contribution in [0.15, 0.2) is 72.9 Å². The first-order chi connectivity index (χ1) is 18.2. The highest BCUT2D eigenvalue weighted by Gasteiger charge is 2.33. The summed E-state index contributed by atoms with van der Waals surface area (Å²) in [6.45, 7) is 11.8. The van der Waals surface area contributed by atoms with Gasteiger partial charge in [-0.05, 0) is 78.4 Å². The number of nitrogen functional groups attached to an aromatic ring is 1. The van der Waals surface area contributed by atoms with Crippen LogP contribution >= 0.6 is 0 Å². The van der Waals surface area contributed by atoms with E-state index in [0.29, 0.717) is 6.41 Å². The van der Waals surface area contributed by atoms with Crippen molar-refractivity contribution in [1.82, 2.24) is 10.2 Å². The van der Waals surface area contributed by atoms with Crippen molar-refractivity contribution in [3.63, 3.8) is 0 Å². The normalized spacial score (nSPS) is 18.0. The van der Waals surface area contributed by atoms with Gasteiger partial charge < -0.3 is 20.9 Å². The lowest BCUT2D eigenvalue weighted by Crippen LogP contribution is -2.59. The maximum Gasteiger partial charge on any atom is 0.225 e. The fourth-order valence-corrected chi connectivity index (χ4v) is 5.47. The van der Waals surface area contributed by atoms with Crippen LogP contribution in [-0.4, -0.2) is 42.4 Å². The molecule has 2 unspecified atom stereocenters. The minimum Gasteiger partial charge on any atom is -0.399 e. The Labute approximate surface area is 226 Å². The third kappa shape index (κ3) is 5.59. The molecule has 1 aliphatic heterocycles. The summed E-state index contributed by atoms with van der Waals surface area (Å²) in [6, 6.07) is 23.1. The standard InChI is InChI=1S/C32H38N4O2/c1-21(2)32(38)36-23(4)18-35(19-24(36)5)28-15-11-26(12-16-28)30-8-6-7-29(25-9-13-27(33)14-10-25)31(30)22(3)17-34-20-37/h6-17,20-21,23-24H,18-19,33H2,1-5H3,(H,34,37)/b22-17-. The largest absolute Gasteiger partial charge is 0.399 e. The Morgan fingerprint density at radius 1 is 0.921 bits per heavy atom. The molecular weight excluding hydrogens is 472 g/mol. The molecule has 38 heavy (non-hydrogen) atoms. The fourth-order valence-electron chi connectivity index (χ4n) is 5.47. The van der Waals surface area contributed by atoms with E-state index < -0.39 is 0 Å².